The Balaban J connectivity index is 1.61. The van der Waals surface area contributed by atoms with E-state index in [1.165, 1.54) is 34.6 Å². The third-order valence-corrected chi connectivity index (χ3v) is 6.96. The predicted molar refractivity (Wildman–Crippen MR) is 109 cm³/mol. The van der Waals surface area contributed by atoms with E-state index in [0.717, 1.165) is 0 Å². The Morgan fingerprint density at radius 1 is 1.17 bits per heavy atom. The molecular formula is C21H25FN2O4S. The Bertz CT molecular complexity index is 969. The van der Waals surface area contributed by atoms with Crippen LogP contribution in [0.1, 0.15) is 25.3 Å². The van der Waals surface area contributed by atoms with Gasteiger partial charge in [-0.3, -0.25) is 4.79 Å². The first-order valence-corrected chi connectivity index (χ1v) is 11.1. The normalized spacial score (nSPS) is 15.8. The highest BCUT2D eigenvalue weighted by Gasteiger charge is 2.32. The SMILES string of the molecule is CCOc1ccc(S(=O)(=O)N2CCC(C(=O)Nc3ccc(F)cc3C)CC2)cc1. The van der Waals surface area contributed by atoms with Gasteiger partial charge in [0, 0.05) is 24.7 Å². The Labute approximate surface area is 170 Å². The summed E-state index contributed by atoms with van der Waals surface area (Å²) in [5.74, 6) is -0.185. The van der Waals surface area contributed by atoms with Gasteiger partial charge in [0.1, 0.15) is 11.6 Å². The second-order valence-electron chi connectivity index (χ2n) is 7.03. The van der Waals surface area contributed by atoms with E-state index in [1.807, 2.05) is 6.92 Å². The van der Waals surface area contributed by atoms with Crippen LogP contribution in [-0.2, 0) is 14.8 Å². The molecular weight excluding hydrogens is 395 g/mol. The lowest BCUT2D eigenvalue weighted by Gasteiger charge is -2.30. The van der Waals surface area contributed by atoms with Crippen LogP contribution in [-0.4, -0.2) is 38.3 Å². The molecule has 0 spiro atoms. The van der Waals surface area contributed by atoms with Gasteiger partial charge in [-0.2, -0.15) is 4.31 Å². The Kier molecular flexibility index (Phi) is 6.54. The maximum Gasteiger partial charge on any atom is 0.243 e. The fourth-order valence-electron chi connectivity index (χ4n) is 3.38. The third kappa shape index (κ3) is 4.94. The number of benzene rings is 2. The van der Waals surface area contributed by atoms with Crippen LogP contribution in [0.3, 0.4) is 0 Å². The summed E-state index contributed by atoms with van der Waals surface area (Å²) in [5, 5.41) is 2.82. The van der Waals surface area contributed by atoms with Gasteiger partial charge in [0.2, 0.25) is 15.9 Å². The van der Waals surface area contributed by atoms with Crippen LogP contribution in [0.25, 0.3) is 0 Å². The molecule has 1 fully saturated rings. The van der Waals surface area contributed by atoms with Crippen molar-refractivity contribution in [3.05, 3.63) is 53.8 Å². The molecule has 3 rings (SSSR count). The molecule has 0 aliphatic carbocycles. The number of carbonyl (C=O) groups is 1. The molecule has 2 aromatic carbocycles. The van der Waals surface area contributed by atoms with E-state index in [0.29, 0.717) is 36.4 Å². The number of halogens is 1. The van der Waals surface area contributed by atoms with Crippen LogP contribution in [0.15, 0.2) is 47.4 Å². The van der Waals surface area contributed by atoms with E-state index in [9.17, 15) is 17.6 Å². The summed E-state index contributed by atoms with van der Waals surface area (Å²) in [6.07, 6.45) is 0.866. The zero-order chi connectivity index (χ0) is 21.0. The number of carbonyl (C=O) groups excluding carboxylic acids is 1. The molecule has 0 atom stereocenters. The lowest BCUT2D eigenvalue weighted by atomic mass is 9.97. The molecule has 0 radical (unpaired) electrons. The standard InChI is InChI=1S/C21H25FN2O4S/c1-3-28-18-5-7-19(8-6-18)29(26,27)24-12-10-16(11-13-24)21(25)23-20-9-4-17(22)14-15(20)2/h4-9,14,16H,3,10-13H2,1-2H3,(H,23,25). The van der Waals surface area contributed by atoms with Crippen LogP contribution < -0.4 is 10.1 Å². The number of rotatable bonds is 6. The van der Waals surface area contributed by atoms with Crippen LogP contribution in [0.2, 0.25) is 0 Å². The number of piperidine rings is 1. The molecule has 0 saturated carbocycles. The molecule has 1 amide bonds. The van der Waals surface area contributed by atoms with Crippen molar-refractivity contribution in [2.75, 3.05) is 25.0 Å². The minimum absolute atomic E-state index is 0.169. The van der Waals surface area contributed by atoms with Crippen molar-refractivity contribution in [1.82, 2.24) is 4.31 Å². The summed E-state index contributed by atoms with van der Waals surface area (Å²) < 4.78 is 45.7. The van der Waals surface area contributed by atoms with E-state index < -0.39 is 10.0 Å². The molecule has 0 aromatic heterocycles. The summed E-state index contributed by atoms with van der Waals surface area (Å²) in [6.45, 7) is 4.65. The number of nitrogens with one attached hydrogen (secondary N) is 1. The number of hydrogen-bond acceptors (Lipinski definition) is 4. The fourth-order valence-corrected chi connectivity index (χ4v) is 4.85. The van der Waals surface area contributed by atoms with Crippen molar-refractivity contribution < 1.29 is 22.3 Å². The first-order valence-electron chi connectivity index (χ1n) is 9.61. The number of anilines is 1. The molecule has 1 saturated heterocycles. The van der Waals surface area contributed by atoms with Gasteiger partial charge in [-0.25, -0.2) is 12.8 Å². The summed E-state index contributed by atoms with van der Waals surface area (Å²) >= 11 is 0. The van der Waals surface area contributed by atoms with E-state index in [1.54, 1.807) is 19.1 Å². The maximum absolute atomic E-state index is 13.2. The van der Waals surface area contributed by atoms with Gasteiger partial charge < -0.3 is 10.1 Å². The highest BCUT2D eigenvalue weighted by molar-refractivity contribution is 7.89. The molecule has 8 heteroatoms. The van der Waals surface area contributed by atoms with E-state index in [4.69, 9.17) is 4.74 Å². The molecule has 1 aliphatic rings. The number of ether oxygens (including phenoxy) is 1. The van der Waals surface area contributed by atoms with Crippen molar-refractivity contribution in [2.24, 2.45) is 5.92 Å². The third-order valence-electron chi connectivity index (χ3n) is 5.04. The summed E-state index contributed by atoms with van der Waals surface area (Å²) in [7, 11) is -3.61. The predicted octanol–water partition coefficient (Wildman–Crippen LogP) is 3.57. The summed E-state index contributed by atoms with van der Waals surface area (Å²) in [4.78, 5) is 12.8. The Hall–Kier alpha value is -2.45. The van der Waals surface area contributed by atoms with Crippen molar-refractivity contribution in [3.8, 4) is 5.75 Å². The van der Waals surface area contributed by atoms with Crippen LogP contribution in [0.4, 0.5) is 10.1 Å². The molecule has 0 bridgehead atoms. The smallest absolute Gasteiger partial charge is 0.243 e. The first-order chi connectivity index (χ1) is 13.8. The zero-order valence-corrected chi connectivity index (χ0v) is 17.3. The largest absolute Gasteiger partial charge is 0.494 e. The summed E-state index contributed by atoms with van der Waals surface area (Å²) in [6, 6.07) is 10.6. The highest BCUT2D eigenvalue weighted by atomic mass is 32.2. The van der Waals surface area contributed by atoms with Crippen molar-refractivity contribution in [3.63, 3.8) is 0 Å². The molecule has 156 valence electrons. The van der Waals surface area contributed by atoms with Crippen LogP contribution in [0.5, 0.6) is 5.75 Å². The van der Waals surface area contributed by atoms with E-state index >= 15 is 0 Å². The number of sulfonamides is 1. The number of hydrogen-bond donors (Lipinski definition) is 1. The molecule has 1 N–H and O–H groups in total. The molecule has 1 aliphatic heterocycles. The van der Waals surface area contributed by atoms with Crippen molar-refractivity contribution >= 4 is 21.6 Å². The second kappa shape index (κ2) is 8.92. The highest BCUT2D eigenvalue weighted by Crippen LogP contribution is 2.26. The minimum Gasteiger partial charge on any atom is -0.494 e. The van der Waals surface area contributed by atoms with Gasteiger partial charge >= 0.3 is 0 Å². The monoisotopic (exact) mass is 420 g/mol. The average molecular weight is 421 g/mol. The van der Waals surface area contributed by atoms with Gasteiger partial charge in [0.15, 0.2) is 0 Å². The van der Waals surface area contributed by atoms with Gasteiger partial charge in [0.05, 0.1) is 11.5 Å². The molecule has 6 nitrogen and oxygen atoms in total. The number of amides is 1. The first kappa shape index (κ1) is 21.3. The van der Waals surface area contributed by atoms with Gasteiger partial charge in [-0.1, -0.05) is 0 Å². The summed E-state index contributed by atoms with van der Waals surface area (Å²) in [5.41, 5.74) is 1.22. The van der Waals surface area contributed by atoms with Gasteiger partial charge in [-0.15, -0.1) is 0 Å². The molecule has 1 heterocycles. The molecule has 29 heavy (non-hydrogen) atoms. The maximum atomic E-state index is 13.2. The average Bonchev–Trinajstić information content (AvgIpc) is 2.71. The molecule has 0 unspecified atom stereocenters. The number of aryl methyl sites for hydroxylation is 1. The zero-order valence-electron chi connectivity index (χ0n) is 16.5. The van der Waals surface area contributed by atoms with Crippen LogP contribution >= 0.6 is 0 Å². The quantitative estimate of drug-likeness (QED) is 0.775. The fraction of sp³-hybridized carbons (Fsp3) is 0.381. The van der Waals surface area contributed by atoms with Crippen LogP contribution in [0, 0.1) is 18.7 Å². The topological polar surface area (TPSA) is 75.7 Å². The Morgan fingerprint density at radius 2 is 1.83 bits per heavy atom. The van der Waals surface area contributed by atoms with Gasteiger partial charge in [-0.05, 0) is 74.7 Å². The minimum atomic E-state index is -3.61. The second-order valence-corrected chi connectivity index (χ2v) is 8.97. The molecule has 2 aromatic rings. The van der Waals surface area contributed by atoms with E-state index in [2.05, 4.69) is 5.32 Å². The van der Waals surface area contributed by atoms with Crippen molar-refractivity contribution in [2.45, 2.75) is 31.6 Å². The van der Waals surface area contributed by atoms with E-state index in [-0.39, 0.29) is 35.6 Å². The lowest BCUT2D eigenvalue weighted by Crippen LogP contribution is -2.41. The van der Waals surface area contributed by atoms with Gasteiger partial charge in [0.25, 0.3) is 0 Å². The Morgan fingerprint density at radius 3 is 2.41 bits per heavy atom. The number of nitrogens with zero attached hydrogens (tertiary/aromatic N) is 1. The van der Waals surface area contributed by atoms with Crippen molar-refractivity contribution in [1.29, 1.82) is 0 Å². The lowest BCUT2D eigenvalue weighted by molar-refractivity contribution is -0.120.